The minimum Gasteiger partial charge on any atom is -0.378 e. The SMILES string of the molecule is C[C@@H](CCC(=O)NCc1ccc(N(C)C)cc1)C(N)=O. The summed E-state index contributed by atoms with van der Waals surface area (Å²) in [5, 5.41) is 2.84. The van der Waals surface area contributed by atoms with E-state index >= 15 is 0 Å². The van der Waals surface area contributed by atoms with Crippen molar-refractivity contribution in [3.63, 3.8) is 0 Å². The van der Waals surface area contributed by atoms with Gasteiger partial charge in [-0.15, -0.1) is 0 Å². The van der Waals surface area contributed by atoms with E-state index in [-0.39, 0.29) is 17.7 Å². The molecule has 0 aliphatic rings. The summed E-state index contributed by atoms with van der Waals surface area (Å²) in [6, 6.07) is 8.00. The molecular weight excluding hydrogens is 254 g/mol. The number of anilines is 1. The maximum absolute atomic E-state index is 11.6. The summed E-state index contributed by atoms with van der Waals surface area (Å²) < 4.78 is 0. The summed E-state index contributed by atoms with van der Waals surface area (Å²) in [5.41, 5.74) is 7.32. The molecule has 0 bridgehead atoms. The number of amides is 2. The van der Waals surface area contributed by atoms with Crippen LogP contribution < -0.4 is 16.0 Å². The van der Waals surface area contributed by atoms with Gasteiger partial charge in [-0.1, -0.05) is 19.1 Å². The van der Waals surface area contributed by atoms with Gasteiger partial charge in [0.25, 0.3) is 0 Å². The Morgan fingerprint density at radius 3 is 2.35 bits per heavy atom. The highest BCUT2D eigenvalue weighted by Crippen LogP contribution is 2.12. The van der Waals surface area contributed by atoms with Crippen LogP contribution in [0.2, 0.25) is 0 Å². The Kier molecular flexibility index (Phi) is 6.03. The summed E-state index contributed by atoms with van der Waals surface area (Å²) in [7, 11) is 3.97. The molecule has 5 nitrogen and oxygen atoms in total. The van der Waals surface area contributed by atoms with Crippen molar-refractivity contribution in [2.24, 2.45) is 11.7 Å². The van der Waals surface area contributed by atoms with Crippen LogP contribution in [0.3, 0.4) is 0 Å². The fraction of sp³-hybridized carbons (Fsp3) is 0.467. The summed E-state index contributed by atoms with van der Waals surface area (Å²) in [4.78, 5) is 24.5. The lowest BCUT2D eigenvalue weighted by Crippen LogP contribution is -2.26. The summed E-state index contributed by atoms with van der Waals surface area (Å²) in [6.45, 7) is 2.23. The van der Waals surface area contributed by atoms with E-state index in [1.807, 2.05) is 43.3 Å². The number of carbonyl (C=O) groups is 2. The van der Waals surface area contributed by atoms with Gasteiger partial charge >= 0.3 is 0 Å². The molecule has 20 heavy (non-hydrogen) atoms. The van der Waals surface area contributed by atoms with Crippen molar-refractivity contribution in [2.45, 2.75) is 26.3 Å². The molecule has 0 aliphatic carbocycles. The predicted octanol–water partition coefficient (Wildman–Crippen LogP) is 1.27. The topological polar surface area (TPSA) is 75.4 Å². The third-order valence-electron chi connectivity index (χ3n) is 3.23. The van der Waals surface area contributed by atoms with Gasteiger partial charge in [-0.3, -0.25) is 9.59 Å². The van der Waals surface area contributed by atoms with Crippen molar-refractivity contribution in [1.82, 2.24) is 5.32 Å². The second-order valence-electron chi connectivity index (χ2n) is 5.18. The number of benzene rings is 1. The van der Waals surface area contributed by atoms with E-state index in [0.29, 0.717) is 19.4 Å². The van der Waals surface area contributed by atoms with Crippen LogP contribution in [0, 0.1) is 5.92 Å². The summed E-state index contributed by atoms with van der Waals surface area (Å²) in [5.74, 6) is -0.688. The molecule has 5 heteroatoms. The molecule has 0 spiro atoms. The Labute approximate surface area is 120 Å². The van der Waals surface area contributed by atoms with Crippen molar-refractivity contribution >= 4 is 17.5 Å². The van der Waals surface area contributed by atoms with E-state index in [4.69, 9.17) is 5.73 Å². The molecule has 110 valence electrons. The normalized spacial score (nSPS) is 11.8. The van der Waals surface area contributed by atoms with Crippen molar-refractivity contribution < 1.29 is 9.59 Å². The minimum atomic E-state index is -0.364. The number of nitrogens with two attached hydrogens (primary N) is 1. The zero-order chi connectivity index (χ0) is 15.1. The lowest BCUT2D eigenvalue weighted by atomic mass is 10.1. The molecule has 3 N–H and O–H groups in total. The van der Waals surface area contributed by atoms with Crippen LogP contribution in [-0.4, -0.2) is 25.9 Å². The maximum atomic E-state index is 11.6. The van der Waals surface area contributed by atoms with Crippen LogP contribution >= 0.6 is 0 Å². The molecule has 0 fully saturated rings. The highest BCUT2D eigenvalue weighted by atomic mass is 16.2. The van der Waals surface area contributed by atoms with Gasteiger partial charge in [0.2, 0.25) is 11.8 Å². The van der Waals surface area contributed by atoms with E-state index < -0.39 is 0 Å². The van der Waals surface area contributed by atoms with Gasteiger partial charge in [-0.25, -0.2) is 0 Å². The predicted molar refractivity (Wildman–Crippen MR) is 80.2 cm³/mol. The molecule has 1 aromatic rings. The molecule has 0 aromatic heterocycles. The maximum Gasteiger partial charge on any atom is 0.220 e. The van der Waals surface area contributed by atoms with Crippen molar-refractivity contribution in [3.8, 4) is 0 Å². The number of hydrogen-bond donors (Lipinski definition) is 2. The second-order valence-corrected chi connectivity index (χ2v) is 5.18. The molecule has 0 radical (unpaired) electrons. The fourth-order valence-electron chi connectivity index (χ4n) is 1.69. The van der Waals surface area contributed by atoms with Crippen molar-refractivity contribution in [3.05, 3.63) is 29.8 Å². The highest BCUT2D eigenvalue weighted by Gasteiger charge is 2.11. The smallest absolute Gasteiger partial charge is 0.220 e. The van der Waals surface area contributed by atoms with E-state index in [2.05, 4.69) is 5.32 Å². The first kappa shape index (κ1) is 16.0. The third-order valence-corrected chi connectivity index (χ3v) is 3.23. The van der Waals surface area contributed by atoms with Gasteiger partial charge in [0.15, 0.2) is 0 Å². The molecule has 2 amide bonds. The average molecular weight is 277 g/mol. The molecule has 0 unspecified atom stereocenters. The van der Waals surface area contributed by atoms with Crippen molar-refractivity contribution in [1.29, 1.82) is 0 Å². The number of primary amides is 1. The first-order valence-electron chi connectivity index (χ1n) is 6.72. The lowest BCUT2D eigenvalue weighted by molar-refractivity contribution is -0.123. The Morgan fingerprint density at radius 1 is 1.25 bits per heavy atom. The average Bonchev–Trinajstić information content (AvgIpc) is 2.42. The largest absolute Gasteiger partial charge is 0.378 e. The molecule has 1 aromatic carbocycles. The number of hydrogen-bond acceptors (Lipinski definition) is 3. The molecule has 1 rings (SSSR count). The monoisotopic (exact) mass is 277 g/mol. The van der Waals surface area contributed by atoms with Crippen LogP contribution in [-0.2, 0) is 16.1 Å². The van der Waals surface area contributed by atoms with Gasteiger partial charge < -0.3 is 16.0 Å². The van der Waals surface area contributed by atoms with Gasteiger partial charge in [0.1, 0.15) is 0 Å². The third kappa shape index (κ3) is 5.30. The molecule has 1 atom stereocenters. The van der Waals surface area contributed by atoms with Crippen LogP contribution in [0.15, 0.2) is 24.3 Å². The summed E-state index contributed by atoms with van der Waals surface area (Å²) >= 11 is 0. The first-order chi connectivity index (χ1) is 9.40. The molecule has 0 aliphatic heterocycles. The Hall–Kier alpha value is -2.04. The van der Waals surface area contributed by atoms with Gasteiger partial charge in [-0.05, 0) is 24.1 Å². The first-order valence-corrected chi connectivity index (χ1v) is 6.72. The summed E-state index contributed by atoms with van der Waals surface area (Å²) in [6.07, 6.45) is 0.806. The van der Waals surface area contributed by atoms with Crippen molar-refractivity contribution in [2.75, 3.05) is 19.0 Å². The number of nitrogens with one attached hydrogen (secondary N) is 1. The van der Waals surface area contributed by atoms with E-state index in [1.54, 1.807) is 6.92 Å². The Balaban J connectivity index is 2.35. The van der Waals surface area contributed by atoms with Crippen LogP contribution in [0.25, 0.3) is 0 Å². The molecule has 0 heterocycles. The van der Waals surface area contributed by atoms with Gasteiger partial charge in [0, 0.05) is 38.7 Å². The number of rotatable bonds is 7. The van der Waals surface area contributed by atoms with Crippen LogP contribution in [0.1, 0.15) is 25.3 Å². The quantitative estimate of drug-likeness (QED) is 0.788. The fourth-order valence-corrected chi connectivity index (χ4v) is 1.69. The second kappa shape index (κ2) is 7.53. The minimum absolute atomic E-state index is 0.0604. The molecular formula is C15H23N3O2. The van der Waals surface area contributed by atoms with Crippen LogP contribution in [0.4, 0.5) is 5.69 Å². The standard InChI is InChI=1S/C15H23N3O2/c1-11(15(16)20)4-9-14(19)17-10-12-5-7-13(8-6-12)18(2)3/h5-8,11H,4,9-10H2,1-3H3,(H2,16,20)(H,17,19)/t11-/m0/s1. The van der Waals surface area contributed by atoms with Crippen LogP contribution in [0.5, 0.6) is 0 Å². The molecule has 0 saturated heterocycles. The Bertz CT molecular complexity index is 455. The number of carbonyl (C=O) groups excluding carboxylic acids is 2. The van der Waals surface area contributed by atoms with Gasteiger partial charge in [0.05, 0.1) is 0 Å². The number of nitrogens with zero attached hydrogens (tertiary/aromatic N) is 1. The van der Waals surface area contributed by atoms with E-state index in [1.165, 1.54) is 0 Å². The Morgan fingerprint density at radius 2 is 1.85 bits per heavy atom. The zero-order valence-corrected chi connectivity index (χ0v) is 12.3. The van der Waals surface area contributed by atoms with Gasteiger partial charge in [-0.2, -0.15) is 0 Å². The van der Waals surface area contributed by atoms with E-state index in [0.717, 1.165) is 11.3 Å². The molecule has 0 saturated carbocycles. The lowest BCUT2D eigenvalue weighted by Gasteiger charge is -2.13. The zero-order valence-electron chi connectivity index (χ0n) is 12.3. The highest BCUT2D eigenvalue weighted by molar-refractivity contribution is 5.79. The van der Waals surface area contributed by atoms with E-state index in [9.17, 15) is 9.59 Å².